The van der Waals surface area contributed by atoms with E-state index in [4.69, 9.17) is 5.11 Å². The molecule has 0 saturated heterocycles. The number of hydrogen-bond donors (Lipinski definition) is 2. The highest BCUT2D eigenvalue weighted by Gasteiger charge is 2.13. The molecule has 0 aliphatic heterocycles. The van der Waals surface area contributed by atoms with Crippen LogP contribution >= 0.6 is 0 Å². The molecule has 0 bridgehead atoms. The van der Waals surface area contributed by atoms with Crippen LogP contribution in [0.15, 0.2) is 42.7 Å². The molecule has 1 heterocycles. The van der Waals surface area contributed by atoms with Gasteiger partial charge in [-0.15, -0.1) is 0 Å². The first-order valence-electron chi connectivity index (χ1n) is 5.63. The molecule has 0 saturated carbocycles. The van der Waals surface area contributed by atoms with Gasteiger partial charge in [-0.25, -0.2) is 4.98 Å². The summed E-state index contributed by atoms with van der Waals surface area (Å²) in [4.78, 5) is 14.7. The van der Waals surface area contributed by atoms with Crippen LogP contribution in [0.3, 0.4) is 0 Å². The Bertz CT molecular complexity index is 522. The number of benzene rings is 1. The summed E-state index contributed by atoms with van der Waals surface area (Å²) >= 11 is 0. The molecule has 0 aliphatic carbocycles. The van der Waals surface area contributed by atoms with Gasteiger partial charge >= 0.3 is 5.97 Å². The van der Waals surface area contributed by atoms with Crippen LogP contribution in [0.2, 0.25) is 0 Å². The van der Waals surface area contributed by atoms with Crippen molar-refractivity contribution in [3.05, 3.63) is 42.7 Å². The van der Waals surface area contributed by atoms with Gasteiger partial charge in [0, 0.05) is 18.0 Å². The first kappa shape index (κ1) is 12.3. The van der Waals surface area contributed by atoms with Gasteiger partial charge in [-0.2, -0.15) is 0 Å². The van der Waals surface area contributed by atoms with E-state index in [2.05, 4.69) is 4.98 Å². The van der Waals surface area contributed by atoms with Crippen LogP contribution in [-0.2, 0) is 11.3 Å². The van der Waals surface area contributed by atoms with Crippen LogP contribution < -0.4 is 0 Å². The zero-order valence-electron chi connectivity index (χ0n) is 9.73. The first-order chi connectivity index (χ1) is 8.66. The Labute approximate surface area is 104 Å². The maximum absolute atomic E-state index is 10.5. The lowest BCUT2D eigenvalue weighted by Crippen LogP contribution is -2.19. The summed E-state index contributed by atoms with van der Waals surface area (Å²) < 4.78 is 1.75. The van der Waals surface area contributed by atoms with E-state index >= 15 is 0 Å². The van der Waals surface area contributed by atoms with Crippen molar-refractivity contribution in [2.45, 2.75) is 19.1 Å². The maximum Gasteiger partial charge on any atom is 0.306 e. The van der Waals surface area contributed by atoms with E-state index in [-0.39, 0.29) is 13.0 Å². The number of aliphatic carboxylic acids is 1. The Morgan fingerprint density at radius 2 is 2.06 bits per heavy atom. The van der Waals surface area contributed by atoms with Crippen LogP contribution in [0.5, 0.6) is 0 Å². The van der Waals surface area contributed by atoms with E-state index in [1.54, 1.807) is 17.0 Å². The standard InChI is InChI=1S/C13H14N2O3/c16-11(8-12(17)18)9-15-7-6-14-13(15)10-4-2-1-3-5-10/h1-7,11,16H,8-9H2,(H,17,18). The monoisotopic (exact) mass is 246 g/mol. The van der Waals surface area contributed by atoms with Crippen LogP contribution in [0.1, 0.15) is 6.42 Å². The van der Waals surface area contributed by atoms with E-state index in [0.29, 0.717) is 0 Å². The van der Waals surface area contributed by atoms with Crippen LogP contribution in [0, 0.1) is 0 Å². The lowest BCUT2D eigenvalue weighted by atomic mass is 10.2. The molecular formula is C13H14N2O3. The lowest BCUT2D eigenvalue weighted by molar-refractivity contribution is -0.139. The molecule has 5 nitrogen and oxygen atoms in total. The highest BCUT2D eigenvalue weighted by molar-refractivity contribution is 5.67. The van der Waals surface area contributed by atoms with E-state index in [0.717, 1.165) is 11.4 Å². The van der Waals surface area contributed by atoms with Crippen LogP contribution in [0.4, 0.5) is 0 Å². The molecule has 0 radical (unpaired) electrons. The molecule has 5 heteroatoms. The summed E-state index contributed by atoms with van der Waals surface area (Å²) in [7, 11) is 0. The number of hydrogen-bond acceptors (Lipinski definition) is 3. The Morgan fingerprint density at radius 1 is 1.33 bits per heavy atom. The van der Waals surface area contributed by atoms with Crippen molar-refractivity contribution in [3.63, 3.8) is 0 Å². The molecule has 94 valence electrons. The van der Waals surface area contributed by atoms with Crippen molar-refractivity contribution in [2.75, 3.05) is 0 Å². The molecule has 1 atom stereocenters. The van der Waals surface area contributed by atoms with E-state index < -0.39 is 12.1 Å². The van der Waals surface area contributed by atoms with Crippen molar-refractivity contribution in [3.8, 4) is 11.4 Å². The Kier molecular flexibility index (Phi) is 3.74. The number of carbonyl (C=O) groups is 1. The fourth-order valence-electron chi connectivity index (χ4n) is 1.80. The third-order valence-corrected chi connectivity index (χ3v) is 2.57. The average molecular weight is 246 g/mol. The SMILES string of the molecule is O=C(O)CC(O)Cn1ccnc1-c1ccccc1. The number of rotatable bonds is 5. The molecule has 2 aromatic rings. The third-order valence-electron chi connectivity index (χ3n) is 2.57. The minimum absolute atomic E-state index is 0.219. The van der Waals surface area contributed by atoms with Crippen molar-refractivity contribution < 1.29 is 15.0 Å². The first-order valence-corrected chi connectivity index (χ1v) is 5.63. The highest BCUT2D eigenvalue weighted by Crippen LogP contribution is 2.17. The lowest BCUT2D eigenvalue weighted by Gasteiger charge is -2.11. The molecule has 0 fully saturated rings. The van der Waals surface area contributed by atoms with Crippen LogP contribution in [-0.4, -0.2) is 31.8 Å². The molecular weight excluding hydrogens is 232 g/mol. The smallest absolute Gasteiger partial charge is 0.306 e. The van der Waals surface area contributed by atoms with E-state index in [1.165, 1.54) is 0 Å². The molecule has 0 amide bonds. The molecule has 0 aliphatic rings. The zero-order chi connectivity index (χ0) is 13.0. The van der Waals surface area contributed by atoms with Gasteiger partial charge in [0.2, 0.25) is 0 Å². The molecule has 1 aromatic heterocycles. The minimum atomic E-state index is -1.01. The molecule has 2 N–H and O–H groups in total. The van der Waals surface area contributed by atoms with Gasteiger partial charge in [0.25, 0.3) is 0 Å². The number of aliphatic hydroxyl groups excluding tert-OH is 1. The number of carboxylic acids is 1. The second-order valence-electron chi connectivity index (χ2n) is 4.02. The molecule has 2 rings (SSSR count). The number of carboxylic acid groups (broad SMARTS) is 1. The summed E-state index contributed by atoms with van der Waals surface area (Å²) in [5.41, 5.74) is 0.935. The Morgan fingerprint density at radius 3 is 2.72 bits per heavy atom. The molecule has 0 spiro atoms. The fourth-order valence-corrected chi connectivity index (χ4v) is 1.80. The van der Waals surface area contributed by atoms with Gasteiger partial charge in [0.1, 0.15) is 5.82 Å². The largest absolute Gasteiger partial charge is 0.481 e. The molecule has 1 unspecified atom stereocenters. The summed E-state index contributed by atoms with van der Waals surface area (Å²) in [6.07, 6.45) is 2.18. The second-order valence-corrected chi connectivity index (χ2v) is 4.02. The van der Waals surface area contributed by atoms with Crippen LogP contribution in [0.25, 0.3) is 11.4 Å². The summed E-state index contributed by atoms with van der Waals surface area (Å²) in [5.74, 6) is -0.288. The normalized spacial score (nSPS) is 12.3. The summed E-state index contributed by atoms with van der Waals surface area (Å²) in [6, 6.07) is 9.56. The quantitative estimate of drug-likeness (QED) is 0.835. The predicted molar refractivity (Wildman–Crippen MR) is 65.9 cm³/mol. The number of imidazole rings is 1. The average Bonchev–Trinajstić information content (AvgIpc) is 2.77. The van der Waals surface area contributed by atoms with Gasteiger partial charge in [0.15, 0.2) is 0 Å². The van der Waals surface area contributed by atoms with Crippen molar-refractivity contribution in [2.24, 2.45) is 0 Å². The van der Waals surface area contributed by atoms with Gasteiger partial charge in [-0.05, 0) is 0 Å². The summed E-state index contributed by atoms with van der Waals surface area (Å²) in [6.45, 7) is 0.219. The van der Waals surface area contributed by atoms with Gasteiger partial charge < -0.3 is 14.8 Å². The second kappa shape index (κ2) is 5.46. The van der Waals surface area contributed by atoms with Gasteiger partial charge in [-0.1, -0.05) is 30.3 Å². The minimum Gasteiger partial charge on any atom is -0.481 e. The fraction of sp³-hybridized carbons (Fsp3) is 0.231. The summed E-state index contributed by atoms with van der Waals surface area (Å²) in [5, 5.41) is 18.2. The number of aliphatic hydroxyl groups is 1. The van der Waals surface area contributed by atoms with Gasteiger partial charge in [0.05, 0.1) is 19.1 Å². The topological polar surface area (TPSA) is 75.3 Å². The molecule has 18 heavy (non-hydrogen) atoms. The van der Waals surface area contributed by atoms with E-state index in [9.17, 15) is 9.90 Å². The van der Waals surface area contributed by atoms with Crippen molar-refractivity contribution in [1.29, 1.82) is 0 Å². The van der Waals surface area contributed by atoms with Gasteiger partial charge in [-0.3, -0.25) is 4.79 Å². The van der Waals surface area contributed by atoms with Crippen molar-refractivity contribution in [1.82, 2.24) is 9.55 Å². The van der Waals surface area contributed by atoms with Crippen molar-refractivity contribution >= 4 is 5.97 Å². The number of nitrogens with zero attached hydrogens (tertiary/aromatic N) is 2. The Balaban J connectivity index is 2.16. The molecule has 1 aromatic carbocycles. The number of aromatic nitrogens is 2. The zero-order valence-corrected chi connectivity index (χ0v) is 9.73. The predicted octanol–water partition coefficient (Wildman–Crippen LogP) is 1.39. The maximum atomic E-state index is 10.5. The third kappa shape index (κ3) is 2.95. The van der Waals surface area contributed by atoms with E-state index in [1.807, 2.05) is 30.3 Å². The highest BCUT2D eigenvalue weighted by atomic mass is 16.4. The Hall–Kier alpha value is -2.14.